The van der Waals surface area contributed by atoms with E-state index in [1.807, 2.05) is 19.9 Å². The van der Waals surface area contributed by atoms with Crippen LogP contribution in [0.15, 0.2) is 30.5 Å². The van der Waals surface area contributed by atoms with Gasteiger partial charge in [-0.25, -0.2) is 24.3 Å². The van der Waals surface area contributed by atoms with Gasteiger partial charge in [0, 0.05) is 36.8 Å². The van der Waals surface area contributed by atoms with Gasteiger partial charge in [0.15, 0.2) is 5.82 Å². The molecule has 0 saturated heterocycles. The van der Waals surface area contributed by atoms with Crippen LogP contribution in [-0.4, -0.2) is 31.0 Å². The molecule has 35 heavy (non-hydrogen) atoms. The fourth-order valence-electron chi connectivity index (χ4n) is 4.47. The van der Waals surface area contributed by atoms with Gasteiger partial charge in [0.1, 0.15) is 22.9 Å². The molecule has 0 bridgehead atoms. The van der Waals surface area contributed by atoms with Crippen molar-refractivity contribution in [2.24, 2.45) is 0 Å². The molecular weight excluding hydrogens is 462 g/mol. The minimum absolute atomic E-state index is 0.0148. The number of nitrogens with one attached hydrogen (secondary N) is 2. The van der Waals surface area contributed by atoms with E-state index in [4.69, 9.17) is 0 Å². The van der Waals surface area contributed by atoms with Crippen molar-refractivity contribution >= 4 is 22.8 Å². The third-order valence-electron chi connectivity index (χ3n) is 5.97. The van der Waals surface area contributed by atoms with Crippen LogP contribution in [0.2, 0.25) is 0 Å². The predicted octanol–water partition coefficient (Wildman–Crippen LogP) is 5.32. The van der Waals surface area contributed by atoms with Crippen LogP contribution in [0.5, 0.6) is 0 Å². The smallest absolute Gasteiger partial charge is 0.326 e. The maximum atomic E-state index is 14.8. The first-order valence-corrected chi connectivity index (χ1v) is 11.2. The van der Waals surface area contributed by atoms with E-state index in [0.717, 1.165) is 43.0 Å². The fourth-order valence-corrected chi connectivity index (χ4v) is 4.47. The van der Waals surface area contributed by atoms with Gasteiger partial charge in [-0.05, 0) is 44.5 Å². The molecule has 1 aromatic carbocycles. The van der Waals surface area contributed by atoms with Crippen LogP contribution in [0.3, 0.4) is 0 Å². The van der Waals surface area contributed by atoms with Gasteiger partial charge in [0.25, 0.3) is 0 Å². The lowest BCUT2D eigenvalue weighted by atomic mass is 10.0. The highest BCUT2D eigenvalue weighted by atomic mass is 19.4. The third kappa shape index (κ3) is 4.31. The molecule has 0 fully saturated rings. The van der Waals surface area contributed by atoms with Gasteiger partial charge in [-0.1, -0.05) is 6.07 Å². The summed E-state index contributed by atoms with van der Waals surface area (Å²) in [5, 5.41) is 6.22. The highest BCUT2D eigenvalue weighted by Gasteiger charge is 2.35. The summed E-state index contributed by atoms with van der Waals surface area (Å²) >= 11 is 0. The minimum Gasteiger partial charge on any atom is -0.326 e. The molecule has 0 radical (unpaired) electrons. The molecule has 3 aromatic heterocycles. The van der Waals surface area contributed by atoms with E-state index in [1.165, 1.54) is 6.07 Å². The number of hydrogen-bond acceptors (Lipinski definition) is 6. The molecular formula is C24H23F4N7. The molecule has 0 spiro atoms. The highest BCUT2D eigenvalue weighted by Crippen LogP contribution is 2.39. The Hall–Kier alpha value is -3.60. The summed E-state index contributed by atoms with van der Waals surface area (Å²) < 4.78 is 58.4. The Bertz CT molecular complexity index is 1430. The lowest BCUT2D eigenvalue weighted by molar-refractivity contribution is -0.136. The molecule has 5 rings (SSSR count). The van der Waals surface area contributed by atoms with Crippen molar-refractivity contribution in [1.82, 2.24) is 29.8 Å². The normalized spacial score (nSPS) is 13.9. The SMILES string of the molecule is Cc1nc2c(C(F)(F)F)cc(-c3nc(Nc4ccc5c(n4)CCNC5)ncc3F)cc2n1C(C)C. The largest absolute Gasteiger partial charge is 0.418 e. The monoisotopic (exact) mass is 485 g/mol. The number of halogens is 4. The van der Waals surface area contributed by atoms with Crippen molar-refractivity contribution < 1.29 is 17.6 Å². The third-order valence-corrected chi connectivity index (χ3v) is 5.97. The number of aromatic nitrogens is 5. The Kier molecular flexibility index (Phi) is 5.66. The lowest BCUT2D eigenvalue weighted by Crippen LogP contribution is -2.24. The maximum Gasteiger partial charge on any atom is 0.418 e. The molecule has 0 amide bonds. The lowest BCUT2D eigenvalue weighted by Gasteiger charge is -2.17. The van der Waals surface area contributed by atoms with Gasteiger partial charge in [-0.15, -0.1) is 0 Å². The highest BCUT2D eigenvalue weighted by molar-refractivity contribution is 5.86. The van der Waals surface area contributed by atoms with Crippen molar-refractivity contribution in [3.63, 3.8) is 0 Å². The average Bonchev–Trinajstić information content (AvgIpc) is 3.14. The van der Waals surface area contributed by atoms with Gasteiger partial charge >= 0.3 is 6.18 Å². The van der Waals surface area contributed by atoms with Crippen LogP contribution < -0.4 is 10.6 Å². The number of benzene rings is 1. The Morgan fingerprint density at radius 1 is 1.11 bits per heavy atom. The van der Waals surface area contributed by atoms with Crippen molar-refractivity contribution in [3.05, 3.63) is 58.9 Å². The summed E-state index contributed by atoms with van der Waals surface area (Å²) in [6.07, 6.45) is -2.97. The summed E-state index contributed by atoms with van der Waals surface area (Å²) in [7, 11) is 0. The second-order valence-corrected chi connectivity index (χ2v) is 8.76. The molecule has 7 nitrogen and oxygen atoms in total. The van der Waals surface area contributed by atoms with Crippen molar-refractivity contribution in [3.8, 4) is 11.3 Å². The van der Waals surface area contributed by atoms with E-state index in [9.17, 15) is 17.6 Å². The molecule has 2 N–H and O–H groups in total. The summed E-state index contributed by atoms with van der Waals surface area (Å²) in [5.41, 5.74) is 0.921. The van der Waals surface area contributed by atoms with Crippen molar-refractivity contribution in [2.45, 2.75) is 46.0 Å². The molecule has 0 saturated carbocycles. The summed E-state index contributed by atoms with van der Waals surface area (Å²) in [6, 6.07) is 5.92. The Labute approximate surface area is 198 Å². The summed E-state index contributed by atoms with van der Waals surface area (Å²) in [4.78, 5) is 16.9. The Morgan fingerprint density at radius 3 is 2.66 bits per heavy atom. The number of imidazole rings is 1. The van der Waals surface area contributed by atoms with Crippen LogP contribution in [0.4, 0.5) is 29.3 Å². The number of rotatable bonds is 4. The van der Waals surface area contributed by atoms with E-state index < -0.39 is 17.6 Å². The molecule has 11 heteroatoms. The summed E-state index contributed by atoms with van der Waals surface area (Å²) in [5.74, 6) is 0.116. The molecule has 182 valence electrons. The summed E-state index contributed by atoms with van der Waals surface area (Å²) in [6.45, 7) is 6.90. The Morgan fingerprint density at radius 2 is 1.91 bits per heavy atom. The van der Waals surface area contributed by atoms with Crippen LogP contribution in [0, 0.1) is 12.7 Å². The second-order valence-electron chi connectivity index (χ2n) is 8.76. The number of aryl methyl sites for hydroxylation is 1. The van der Waals surface area contributed by atoms with E-state index >= 15 is 0 Å². The molecule has 4 heterocycles. The zero-order valence-corrected chi connectivity index (χ0v) is 19.3. The number of nitrogens with zero attached hydrogens (tertiary/aromatic N) is 5. The molecule has 1 aliphatic rings. The number of pyridine rings is 1. The van der Waals surface area contributed by atoms with Crippen LogP contribution in [-0.2, 0) is 19.1 Å². The van der Waals surface area contributed by atoms with Crippen LogP contribution in [0.1, 0.15) is 42.5 Å². The van der Waals surface area contributed by atoms with Crippen molar-refractivity contribution in [1.29, 1.82) is 0 Å². The maximum absolute atomic E-state index is 14.8. The van der Waals surface area contributed by atoms with Crippen LogP contribution >= 0.6 is 0 Å². The van der Waals surface area contributed by atoms with E-state index in [0.29, 0.717) is 11.6 Å². The first-order chi connectivity index (χ1) is 16.6. The predicted molar refractivity (Wildman–Crippen MR) is 124 cm³/mol. The van der Waals surface area contributed by atoms with E-state index in [2.05, 4.69) is 30.6 Å². The molecule has 0 aliphatic carbocycles. The van der Waals surface area contributed by atoms with Crippen molar-refractivity contribution in [2.75, 3.05) is 11.9 Å². The van der Waals surface area contributed by atoms with Gasteiger partial charge in [-0.2, -0.15) is 13.2 Å². The van der Waals surface area contributed by atoms with Crippen LogP contribution in [0.25, 0.3) is 22.3 Å². The molecule has 4 aromatic rings. The standard InChI is InChI=1S/C24H23F4N7/c1-12(2)35-13(3)31-22-16(24(26,27)28)8-15(9-19(22)35)21-17(25)11-30-23(34-21)33-20-5-4-14-10-29-7-6-18(14)32-20/h4-5,8-9,11-12,29H,6-7,10H2,1-3H3,(H,30,32,33,34). The molecule has 0 unspecified atom stereocenters. The topological polar surface area (TPSA) is 80.6 Å². The second kappa shape index (κ2) is 8.56. The quantitative estimate of drug-likeness (QED) is 0.381. The van der Waals surface area contributed by atoms with Gasteiger partial charge < -0.3 is 15.2 Å². The fraction of sp³-hybridized carbons (Fsp3) is 0.333. The number of hydrogen-bond donors (Lipinski definition) is 2. The number of fused-ring (bicyclic) bond motifs is 2. The number of alkyl halides is 3. The Balaban J connectivity index is 1.60. The first kappa shape index (κ1) is 23.2. The average molecular weight is 485 g/mol. The van der Waals surface area contributed by atoms with Gasteiger partial charge in [0.2, 0.25) is 5.95 Å². The zero-order valence-electron chi connectivity index (χ0n) is 19.3. The van der Waals surface area contributed by atoms with E-state index in [1.54, 1.807) is 17.6 Å². The zero-order chi connectivity index (χ0) is 24.9. The minimum atomic E-state index is -4.68. The van der Waals surface area contributed by atoms with Gasteiger partial charge in [-0.3, -0.25) is 0 Å². The molecule has 0 atom stereocenters. The van der Waals surface area contributed by atoms with Gasteiger partial charge in [0.05, 0.1) is 17.3 Å². The molecule has 1 aliphatic heterocycles. The first-order valence-electron chi connectivity index (χ1n) is 11.2. The van der Waals surface area contributed by atoms with E-state index in [-0.39, 0.29) is 34.3 Å². The number of anilines is 2.